The zero-order chi connectivity index (χ0) is 22.1. The average Bonchev–Trinajstić information content (AvgIpc) is 2.96. The predicted molar refractivity (Wildman–Crippen MR) is 121 cm³/mol. The molecule has 2 aromatic heterocycles. The Morgan fingerprint density at radius 3 is 2.60 bits per heavy atom. The molecule has 0 aliphatic heterocycles. The molecular formula is C19H20N4O4S3. The molecule has 0 aliphatic rings. The Bertz CT molecular complexity index is 1290. The van der Waals surface area contributed by atoms with Crippen molar-refractivity contribution in [3.05, 3.63) is 57.7 Å². The number of allylic oxidation sites excluding steroid dienone is 1. The lowest BCUT2D eigenvalue weighted by Crippen LogP contribution is -2.23. The number of anilines is 1. The fourth-order valence-corrected chi connectivity index (χ4v) is 5.16. The zero-order valence-corrected chi connectivity index (χ0v) is 18.8. The van der Waals surface area contributed by atoms with Crippen molar-refractivity contribution in [1.82, 2.24) is 9.55 Å². The van der Waals surface area contributed by atoms with E-state index < -0.39 is 10.0 Å². The summed E-state index contributed by atoms with van der Waals surface area (Å²) < 4.78 is 24.1. The topological polar surface area (TPSA) is 124 Å². The molecule has 0 bridgehead atoms. The monoisotopic (exact) mass is 464 g/mol. The molecule has 0 atom stereocenters. The van der Waals surface area contributed by atoms with Crippen LogP contribution in [-0.4, -0.2) is 29.6 Å². The summed E-state index contributed by atoms with van der Waals surface area (Å²) in [6, 6.07) is 5.54. The van der Waals surface area contributed by atoms with E-state index in [1.165, 1.54) is 40.2 Å². The van der Waals surface area contributed by atoms with Gasteiger partial charge in [-0.15, -0.1) is 17.9 Å². The Hall–Kier alpha value is -2.47. The SMILES string of the molecule is C=CCn1c(SCC(=O)Nc2ccc(S(N)(=O)=O)cc2)nc2sc(C)c(C)c2c1=O. The number of hydrogen-bond acceptors (Lipinski definition) is 7. The minimum Gasteiger partial charge on any atom is -0.325 e. The quantitative estimate of drug-likeness (QED) is 0.315. The van der Waals surface area contributed by atoms with Crippen molar-refractivity contribution in [2.45, 2.75) is 30.4 Å². The Balaban J connectivity index is 1.79. The molecule has 0 aliphatic carbocycles. The maximum atomic E-state index is 12.9. The highest BCUT2D eigenvalue weighted by molar-refractivity contribution is 7.99. The Labute approximate surface area is 181 Å². The number of aryl methyl sites for hydroxylation is 2. The smallest absolute Gasteiger partial charge is 0.263 e. The molecule has 30 heavy (non-hydrogen) atoms. The van der Waals surface area contributed by atoms with Crippen molar-refractivity contribution in [2.75, 3.05) is 11.1 Å². The van der Waals surface area contributed by atoms with Crippen LogP contribution in [0.25, 0.3) is 10.2 Å². The van der Waals surface area contributed by atoms with Crippen molar-refractivity contribution < 1.29 is 13.2 Å². The number of nitrogens with one attached hydrogen (secondary N) is 1. The number of thioether (sulfide) groups is 1. The van der Waals surface area contributed by atoms with Crippen LogP contribution in [0.2, 0.25) is 0 Å². The maximum Gasteiger partial charge on any atom is 0.263 e. The standard InChI is InChI=1S/C19H20N4O4S3/c1-4-9-23-18(25)16-11(2)12(3)29-17(16)22-19(23)28-10-15(24)21-13-5-7-14(8-6-13)30(20,26)27/h4-8H,1,9-10H2,2-3H3,(H,21,24)(H2,20,26,27). The highest BCUT2D eigenvalue weighted by Crippen LogP contribution is 2.28. The molecule has 8 nitrogen and oxygen atoms in total. The van der Waals surface area contributed by atoms with Crippen molar-refractivity contribution in [3.8, 4) is 0 Å². The molecule has 0 saturated heterocycles. The normalized spacial score (nSPS) is 11.6. The van der Waals surface area contributed by atoms with Gasteiger partial charge in [-0.25, -0.2) is 18.5 Å². The molecule has 11 heteroatoms. The van der Waals surface area contributed by atoms with Crippen molar-refractivity contribution in [1.29, 1.82) is 0 Å². The van der Waals surface area contributed by atoms with Crippen molar-refractivity contribution >= 4 is 54.9 Å². The lowest BCUT2D eigenvalue weighted by molar-refractivity contribution is -0.113. The summed E-state index contributed by atoms with van der Waals surface area (Å²) >= 11 is 2.60. The highest BCUT2D eigenvalue weighted by Gasteiger charge is 2.17. The first-order valence-electron chi connectivity index (χ1n) is 8.78. The minimum absolute atomic E-state index is 0.0232. The van der Waals surface area contributed by atoms with E-state index in [0.717, 1.165) is 22.2 Å². The van der Waals surface area contributed by atoms with Crippen molar-refractivity contribution in [2.24, 2.45) is 5.14 Å². The minimum atomic E-state index is -3.79. The summed E-state index contributed by atoms with van der Waals surface area (Å²) in [7, 11) is -3.79. The molecule has 158 valence electrons. The second kappa shape index (κ2) is 8.72. The Morgan fingerprint density at radius 2 is 2.00 bits per heavy atom. The number of amides is 1. The van der Waals surface area contributed by atoms with Gasteiger partial charge in [-0.05, 0) is 43.7 Å². The van der Waals surface area contributed by atoms with Crippen LogP contribution < -0.4 is 16.0 Å². The first kappa shape index (κ1) is 22.2. The fraction of sp³-hybridized carbons (Fsp3) is 0.211. The summed E-state index contributed by atoms with van der Waals surface area (Å²) in [5.74, 6) is -0.295. The summed E-state index contributed by atoms with van der Waals surface area (Å²) in [6.45, 7) is 7.83. The van der Waals surface area contributed by atoms with Gasteiger partial charge < -0.3 is 5.32 Å². The molecule has 1 amide bonds. The van der Waals surface area contributed by atoms with Gasteiger partial charge in [0.15, 0.2) is 5.16 Å². The van der Waals surface area contributed by atoms with E-state index in [1.54, 1.807) is 6.08 Å². The zero-order valence-electron chi connectivity index (χ0n) is 16.3. The van der Waals surface area contributed by atoms with E-state index in [1.807, 2.05) is 13.8 Å². The number of nitrogens with zero attached hydrogens (tertiary/aromatic N) is 2. The average molecular weight is 465 g/mol. The highest BCUT2D eigenvalue weighted by atomic mass is 32.2. The van der Waals surface area contributed by atoms with Gasteiger partial charge >= 0.3 is 0 Å². The number of fused-ring (bicyclic) bond motifs is 1. The summed E-state index contributed by atoms with van der Waals surface area (Å²) in [4.78, 5) is 31.5. The first-order chi connectivity index (χ1) is 14.1. The van der Waals surface area contributed by atoms with Crippen LogP contribution in [0.4, 0.5) is 5.69 Å². The van der Waals surface area contributed by atoms with Crippen LogP contribution in [0.5, 0.6) is 0 Å². The van der Waals surface area contributed by atoms with Crippen LogP contribution in [0.15, 0.2) is 51.8 Å². The number of sulfonamides is 1. The number of carbonyl (C=O) groups is 1. The second-order valence-electron chi connectivity index (χ2n) is 6.47. The number of primary sulfonamides is 1. The second-order valence-corrected chi connectivity index (χ2v) is 10.2. The van der Waals surface area contributed by atoms with Crippen LogP contribution >= 0.6 is 23.1 Å². The molecule has 2 heterocycles. The van der Waals surface area contributed by atoms with Gasteiger partial charge in [0.25, 0.3) is 5.56 Å². The van der Waals surface area contributed by atoms with E-state index in [0.29, 0.717) is 21.1 Å². The molecular weight excluding hydrogens is 444 g/mol. The van der Waals surface area contributed by atoms with Crippen LogP contribution in [-0.2, 0) is 21.4 Å². The molecule has 0 saturated carbocycles. The Morgan fingerprint density at radius 1 is 1.33 bits per heavy atom. The van der Waals surface area contributed by atoms with Gasteiger partial charge in [-0.1, -0.05) is 17.8 Å². The van der Waals surface area contributed by atoms with Gasteiger partial charge in [0.1, 0.15) is 4.83 Å². The number of carbonyl (C=O) groups excluding carboxylic acids is 1. The van der Waals surface area contributed by atoms with E-state index in [2.05, 4.69) is 16.9 Å². The molecule has 0 radical (unpaired) electrons. The fourth-order valence-electron chi connectivity index (χ4n) is 2.76. The third kappa shape index (κ3) is 4.64. The number of nitrogens with two attached hydrogens (primary N) is 1. The van der Waals surface area contributed by atoms with Gasteiger partial charge in [0, 0.05) is 17.1 Å². The van der Waals surface area contributed by atoms with E-state index in [4.69, 9.17) is 5.14 Å². The van der Waals surface area contributed by atoms with Gasteiger partial charge in [-0.3, -0.25) is 14.2 Å². The summed E-state index contributed by atoms with van der Waals surface area (Å²) in [5.41, 5.74) is 1.20. The van der Waals surface area contributed by atoms with E-state index >= 15 is 0 Å². The van der Waals surface area contributed by atoms with Crippen molar-refractivity contribution in [3.63, 3.8) is 0 Å². The van der Waals surface area contributed by atoms with Gasteiger partial charge in [-0.2, -0.15) is 0 Å². The molecule has 0 unspecified atom stereocenters. The molecule has 3 N–H and O–H groups in total. The molecule has 3 aromatic rings. The lowest BCUT2D eigenvalue weighted by Gasteiger charge is -2.10. The molecule has 1 aromatic carbocycles. The third-order valence-electron chi connectivity index (χ3n) is 4.36. The number of aromatic nitrogens is 2. The van der Waals surface area contributed by atoms with Crippen LogP contribution in [0.1, 0.15) is 10.4 Å². The molecule has 0 spiro atoms. The first-order valence-corrected chi connectivity index (χ1v) is 12.1. The van der Waals surface area contributed by atoms with Crippen LogP contribution in [0.3, 0.4) is 0 Å². The van der Waals surface area contributed by atoms with Crippen LogP contribution in [0, 0.1) is 13.8 Å². The summed E-state index contributed by atoms with van der Waals surface area (Å²) in [6.07, 6.45) is 1.61. The van der Waals surface area contributed by atoms with Gasteiger partial charge in [0.2, 0.25) is 15.9 Å². The summed E-state index contributed by atoms with van der Waals surface area (Å²) in [5, 5.41) is 8.78. The number of benzene rings is 1. The molecule has 0 fully saturated rings. The largest absolute Gasteiger partial charge is 0.325 e. The number of rotatable bonds is 7. The van der Waals surface area contributed by atoms with E-state index in [9.17, 15) is 18.0 Å². The third-order valence-corrected chi connectivity index (χ3v) is 7.37. The number of thiophene rings is 1. The lowest BCUT2D eigenvalue weighted by atomic mass is 10.2. The Kier molecular flexibility index (Phi) is 6.46. The number of hydrogen-bond donors (Lipinski definition) is 2. The predicted octanol–water partition coefficient (Wildman–Crippen LogP) is 2.64. The van der Waals surface area contributed by atoms with Gasteiger partial charge in [0.05, 0.1) is 16.0 Å². The van der Waals surface area contributed by atoms with E-state index in [-0.39, 0.29) is 28.7 Å². The maximum absolute atomic E-state index is 12.9. The molecule has 3 rings (SSSR count).